The summed E-state index contributed by atoms with van der Waals surface area (Å²) in [5.74, 6) is 1.88. The number of halogens is 2. The monoisotopic (exact) mass is 497 g/mol. The Morgan fingerprint density at radius 1 is 1.17 bits per heavy atom. The molecule has 10 heteroatoms. The molecule has 0 aliphatic carbocycles. The van der Waals surface area contributed by atoms with Gasteiger partial charge >= 0.3 is 0 Å². The van der Waals surface area contributed by atoms with Crippen molar-refractivity contribution in [2.75, 3.05) is 38.0 Å². The molecule has 0 fully saturated rings. The van der Waals surface area contributed by atoms with Gasteiger partial charge in [-0.15, -0.1) is 5.10 Å². The number of rotatable bonds is 6. The maximum Gasteiger partial charge on any atom is 0.246 e. The fraction of sp³-hybridized carbons (Fsp3) is 0.400. The second-order valence-electron chi connectivity index (χ2n) is 9.13. The first-order valence-electron chi connectivity index (χ1n) is 11.7. The number of hydrogen-bond donors (Lipinski definition) is 1. The molecule has 3 aromatic rings. The quantitative estimate of drug-likeness (QED) is 0.401. The summed E-state index contributed by atoms with van der Waals surface area (Å²) in [6.45, 7) is 1.36. The zero-order valence-electron chi connectivity index (χ0n) is 20.0. The SMILES string of the molecule is COc1cc(Nc2nc3n(n2)CCC(N(C)C)CC3c2ccc(F)cc2)ccc1N1C=NC(Cl)C1. The summed E-state index contributed by atoms with van der Waals surface area (Å²) >= 11 is 6.11. The van der Waals surface area contributed by atoms with Gasteiger partial charge in [0.2, 0.25) is 5.95 Å². The van der Waals surface area contributed by atoms with Crippen LogP contribution in [0.1, 0.15) is 30.1 Å². The number of aryl methyl sites for hydroxylation is 1. The Balaban J connectivity index is 1.42. The molecule has 1 N–H and O–H groups in total. The van der Waals surface area contributed by atoms with Gasteiger partial charge in [0.15, 0.2) is 0 Å². The van der Waals surface area contributed by atoms with Gasteiger partial charge in [0.1, 0.15) is 22.9 Å². The van der Waals surface area contributed by atoms with E-state index in [4.69, 9.17) is 26.4 Å². The third-order valence-corrected chi connectivity index (χ3v) is 6.91. The van der Waals surface area contributed by atoms with Crippen LogP contribution in [0.2, 0.25) is 0 Å². The molecule has 35 heavy (non-hydrogen) atoms. The number of methoxy groups -OCH3 is 1. The summed E-state index contributed by atoms with van der Waals surface area (Å²) in [6.07, 6.45) is 3.58. The van der Waals surface area contributed by atoms with E-state index in [0.717, 1.165) is 42.1 Å². The summed E-state index contributed by atoms with van der Waals surface area (Å²) in [7, 11) is 5.83. The van der Waals surface area contributed by atoms with E-state index in [-0.39, 0.29) is 17.2 Å². The number of aliphatic imine (C=N–C) groups is 1. The summed E-state index contributed by atoms with van der Waals surface area (Å²) in [6, 6.07) is 12.9. The maximum absolute atomic E-state index is 13.6. The Morgan fingerprint density at radius 2 is 1.97 bits per heavy atom. The molecule has 0 radical (unpaired) electrons. The van der Waals surface area contributed by atoms with Crippen LogP contribution in [0.25, 0.3) is 0 Å². The molecule has 0 saturated carbocycles. The number of nitrogens with zero attached hydrogens (tertiary/aromatic N) is 6. The van der Waals surface area contributed by atoms with Crippen molar-refractivity contribution in [2.45, 2.75) is 36.8 Å². The predicted octanol–water partition coefficient (Wildman–Crippen LogP) is 4.44. The topological polar surface area (TPSA) is 70.8 Å². The van der Waals surface area contributed by atoms with Crippen molar-refractivity contribution in [1.29, 1.82) is 0 Å². The summed E-state index contributed by atoms with van der Waals surface area (Å²) in [5.41, 5.74) is 2.49. The van der Waals surface area contributed by atoms with E-state index in [1.54, 1.807) is 13.4 Å². The molecule has 0 spiro atoms. The van der Waals surface area contributed by atoms with Gasteiger partial charge < -0.3 is 19.9 Å². The first-order valence-corrected chi connectivity index (χ1v) is 12.1. The summed E-state index contributed by atoms with van der Waals surface area (Å²) in [4.78, 5) is 13.3. The second kappa shape index (κ2) is 9.83. The van der Waals surface area contributed by atoms with Crippen LogP contribution >= 0.6 is 11.6 Å². The molecule has 5 rings (SSSR count). The minimum Gasteiger partial charge on any atom is -0.494 e. The average Bonchev–Trinajstić information content (AvgIpc) is 3.41. The first-order chi connectivity index (χ1) is 16.9. The molecule has 0 amide bonds. The zero-order chi connectivity index (χ0) is 24.5. The standard InChI is InChI=1S/C25H29ClFN7O/c1-32(2)19-10-11-34-24(20(13-19)16-4-6-17(27)7-5-16)30-25(31-34)29-18-8-9-21(22(12-18)35-3)33-14-23(26)28-15-33/h4-9,12,15,19-20,23H,10-11,13-14H2,1-3H3,(H,29,31). The smallest absolute Gasteiger partial charge is 0.246 e. The van der Waals surface area contributed by atoms with E-state index in [9.17, 15) is 4.39 Å². The highest BCUT2D eigenvalue weighted by Gasteiger charge is 2.30. The molecule has 184 valence electrons. The normalized spacial score (nSPS) is 21.8. The van der Waals surface area contributed by atoms with Crippen LogP contribution in [0.4, 0.5) is 21.7 Å². The van der Waals surface area contributed by atoms with Crippen LogP contribution in [-0.2, 0) is 6.54 Å². The Kier molecular flexibility index (Phi) is 6.62. The third-order valence-electron chi connectivity index (χ3n) is 6.66. The minimum absolute atomic E-state index is 0.0171. The Morgan fingerprint density at radius 3 is 2.66 bits per heavy atom. The molecule has 2 aliphatic heterocycles. The lowest BCUT2D eigenvalue weighted by molar-refractivity contribution is 0.256. The van der Waals surface area contributed by atoms with Crippen molar-refractivity contribution in [1.82, 2.24) is 19.7 Å². The zero-order valence-corrected chi connectivity index (χ0v) is 20.8. The van der Waals surface area contributed by atoms with Gasteiger partial charge in [-0.05, 0) is 56.8 Å². The summed E-state index contributed by atoms with van der Waals surface area (Å²) in [5, 5.41) is 8.10. The Hall–Kier alpha value is -3.17. The van der Waals surface area contributed by atoms with E-state index >= 15 is 0 Å². The van der Waals surface area contributed by atoms with Crippen LogP contribution in [-0.4, -0.2) is 65.3 Å². The molecule has 8 nitrogen and oxygen atoms in total. The second-order valence-corrected chi connectivity index (χ2v) is 9.63. The van der Waals surface area contributed by atoms with Gasteiger partial charge in [-0.2, -0.15) is 4.98 Å². The van der Waals surface area contributed by atoms with Crippen LogP contribution in [0.3, 0.4) is 0 Å². The largest absolute Gasteiger partial charge is 0.494 e. The number of nitrogens with one attached hydrogen (secondary N) is 1. The average molecular weight is 498 g/mol. The number of benzene rings is 2. The van der Waals surface area contributed by atoms with Crippen LogP contribution < -0.4 is 15.0 Å². The van der Waals surface area contributed by atoms with Crippen molar-refractivity contribution in [3.05, 3.63) is 59.7 Å². The van der Waals surface area contributed by atoms with Crippen LogP contribution in [0, 0.1) is 5.82 Å². The van der Waals surface area contributed by atoms with E-state index in [2.05, 4.69) is 29.3 Å². The maximum atomic E-state index is 13.6. The van der Waals surface area contributed by atoms with E-state index in [0.29, 0.717) is 24.3 Å². The van der Waals surface area contributed by atoms with Crippen molar-refractivity contribution >= 4 is 35.3 Å². The van der Waals surface area contributed by atoms with Gasteiger partial charge in [-0.1, -0.05) is 23.7 Å². The van der Waals surface area contributed by atoms with Crippen molar-refractivity contribution < 1.29 is 9.13 Å². The minimum atomic E-state index is -0.260. The van der Waals surface area contributed by atoms with Crippen molar-refractivity contribution in [3.8, 4) is 5.75 Å². The number of ether oxygens (including phenoxy) is 1. The highest BCUT2D eigenvalue weighted by Crippen LogP contribution is 2.36. The highest BCUT2D eigenvalue weighted by molar-refractivity contribution is 6.22. The fourth-order valence-corrected chi connectivity index (χ4v) is 4.94. The number of fused-ring (bicyclic) bond motifs is 1. The lowest BCUT2D eigenvalue weighted by Gasteiger charge is -2.25. The van der Waals surface area contributed by atoms with Crippen LogP contribution in [0.15, 0.2) is 47.5 Å². The van der Waals surface area contributed by atoms with E-state index in [1.165, 1.54) is 12.1 Å². The van der Waals surface area contributed by atoms with Crippen molar-refractivity contribution in [3.63, 3.8) is 0 Å². The van der Waals surface area contributed by atoms with Gasteiger partial charge in [0.05, 0.1) is 25.7 Å². The molecular formula is C25H29ClFN7O. The summed E-state index contributed by atoms with van der Waals surface area (Å²) < 4.78 is 21.2. The lowest BCUT2D eigenvalue weighted by Crippen LogP contribution is -2.29. The fourth-order valence-electron chi connectivity index (χ4n) is 4.74. The molecule has 3 atom stereocenters. The highest BCUT2D eigenvalue weighted by atomic mass is 35.5. The number of anilines is 3. The van der Waals surface area contributed by atoms with Gasteiger partial charge in [-0.25, -0.2) is 9.07 Å². The molecule has 3 unspecified atom stereocenters. The third kappa shape index (κ3) is 4.97. The molecule has 1 aromatic heterocycles. The first kappa shape index (κ1) is 23.6. The van der Waals surface area contributed by atoms with Gasteiger partial charge in [0.25, 0.3) is 0 Å². The van der Waals surface area contributed by atoms with Gasteiger partial charge in [-0.3, -0.25) is 4.99 Å². The molecular weight excluding hydrogens is 469 g/mol. The predicted molar refractivity (Wildman–Crippen MR) is 137 cm³/mol. The molecule has 2 aliphatic rings. The lowest BCUT2D eigenvalue weighted by atomic mass is 9.91. The molecule has 0 saturated heterocycles. The molecule has 2 aromatic carbocycles. The number of alkyl halides is 1. The van der Waals surface area contributed by atoms with Crippen LogP contribution in [0.5, 0.6) is 5.75 Å². The Bertz CT molecular complexity index is 1210. The number of aromatic nitrogens is 3. The molecule has 0 bridgehead atoms. The van der Waals surface area contributed by atoms with E-state index < -0.39 is 0 Å². The van der Waals surface area contributed by atoms with Gasteiger partial charge in [0, 0.05) is 30.3 Å². The molecule has 3 heterocycles. The van der Waals surface area contributed by atoms with E-state index in [1.807, 2.05) is 39.9 Å². The Labute approximate surface area is 209 Å². The number of hydrogen-bond acceptors (Lipinski definition) is 7. The van der Waals surface area contributed by atoms with Crippen molar-refractivity contribution in [2.24, 2.45) is 4.99 Å².